The van der Waals surface area contributed by atoms with Crippen LogP contribution < -0.4 is 5.73 Å². The molecule has 0 aliphatic carbocycles. The van der Waals surface area contributed by atoms with Crippen molar-refractivity contribution >= 4 is 11.8 Å². The Morgan fingerprint density at radius 1 is 0.857 bits per heavy atom. The van der Waals surface area contributed by atoms with E-state index in [1.807, 2.05) is 54.6 Å². The van der Waals surface area contributed by atoms with Crippen LogP contribution in [0, 0.1) is 5.41 Å². The Morgan fingerprint density at radius 3 is 2.29 bits per heavy atom. The summed E-state index contributed by atoms with van der Waals surface area (Å²) in [5.74, 6) is -0.411. The van der Waals surface area contributed by atoms with E-state index in [-0.39, 0.29) is 5.84 Å². The number of benzene rings is 3. The van der Waals surface area contributed by atoms with Crippen LogP contribution in [-0.4, -0.2) is 18.9 Å². The summed E-state index contributed by atoms with van der Waals surface area (Å²) >= 11 is 0. The fourth-order valence-electron chi connectivity index (χ4n) is 2.90. The zero-order valence-corrected chi connectivity index (χ0v) is 15.6. The van der Waals surface area contributed by atoms with Gasteiger partial charge in [0.05, 0.1) is 25.9 Å². The van der Waals surface area contributed by atoms with Gasteiger partial charge in [-0.2, -0.15) is 0 Å². The third-order valence-corrected chi connectivity index (χ3v) is 4.30. The van der Waals surface area contributed by atoms with E-state index >= 15 is 0 Å². The predicted molar refractivity (Wildman–Crippen MR) is 109 cm³/mol. The SMILES string of the molecule is COC(=O)c1cc(COCc2ccccc2)cc(-c2cccc(C(=N)N)c2)c1. The molecule has 0 spiro atoms. The smallest absolute Gasteiger partial charge is 0.337 e. The van der Waals surface area contributed by atoms with Crippen molar-refractivity contribution in [3.63, 3.8) is 0 Å². The highest BCUT2D eigenvalue weighted by Crippen LogP contribution is 2.24. The Labute approximate surface area is 164 Å². The Hall–Kier alpha value is -3.44. The molecule has 3 aromatic rings. The lowest BCUT2D eigenvalue weighted by molar-refractivity contribution is 0.0600. The first-order valence-electron chi connectivity index (χ1n) is 8.85. The number of rotatable bonds is 7. The summed E-state index contributed by atoms with van der Waals surface area (Å²) in [5, 5.41) is 7.63. The monoisotopic (exact) mass is 374 g/mol. The molecule has 0 radical (unpaired) electrons. The number of ether oxygens (including phenoxy) is 2. The van der Waals surface area contributed by atoms with Crippen molar-refractivity contribution in [3.05, 3.63) is 95.1 Å². The van der Waals surface area contributed by atoms with Crippen molar-refractivity contribution in [3.8, 4) is 11.1 Å². The van der Waals surface area contributed by atoms with E-state index in [0.717, 1.165) is 22.3 Å². The molecule has 0 fully saturated rings. The van der Waals surface area contributed by atoms with Crippen molar-refractivity contribution in [2.75, 3.05) is 7.11 Å². The normalized spacial score (nSPS) is 10.5. The first kappa shape index (κ1) is 19.3. The van der Waals surface area contributed by atoms with E-state index in [4.69, 9.17) is 20.6 Å². The van der Waals surface area contributed by atoms with E-state index in [9.17, 15) is 4.79 Å². The summed E-state index contributed by atoms with van der Waals surface area (Å²) in [6.45, 7) is 0.845. The van der Waals surface area contributed by atoms with Crippen LogP contribution in [0.15, 0.2) is 72.8 Å². The molecule has 0 saturated heterocycles. The zero-order chi connectivity index (χ0) is 19.9. The van der Waals surface area contributed by atoms with E-state index in [0.29, 0.717) is 24.3 Å². The van der Waals surface area contributed by atoms with E-state index in [1.165, 1.54) is 7.11 Å². The number of carbonyl (C=O) groups excluding carboxylic acids is 1. The summed E-state index contributed by atoms with van der Waals surface area (Å²) in [5.41, 5.74) is 10.3. The zero-order valence-electron chi connectivity index (χ0n) is 15.6. The maximum absolute atomic E-state index is 12.1. The highest BCUT2D eigenvalue weighted by molar-refractivity contribution is 5.96. The van der Waals surface area contributed by atoms with Gasteiger partial charge in [-0.3, -0.25) is 5.41 Å². The minimum Gasteiger partial charge on any atom is -0.465 e. The highest BCUT2D eigenvalue weighted by Gasteiger charge is 2.11. The van der Waals surface area contributed by atoms with Gasteiger partial charge in [-0.1, -0.05) is 48.5 Å². The Morgan fingerprint density at radius 2 is 1.57 bits per heavy atom. The van der Waals surface area contributed by atoms with Gasteiger partial charge in [-0.05, 0) is 46.5 Å². The average molecular weight is 374 g/mol. The van der Waals surface area contributed by atoms with Crippen LogP contribution in [0.5, 0.6) is 0 Å². The number of hydrogen-bond acceptors (Lipinski definition) is 4. The largest absolute Gasteiger partial charge is 0.465 e. The number of nitrogen functional groups attached to an aromatic ring is 1. The first-order chi connectivity index (χ1) is 13.6. The van der Waals surface area contributed by atoms with Crippen LogP contribution in [0.25, 0.3) is 11.1 Å². The van der Waals surface area contributed by atoms with E-state index in [2.05, 4.69) is 0 Å². The van der Waals surface area contributed by atoms with Gasteiger partial charge in [-0.15, -0.1) is 0 Å². The van der Waals surface area contributed by atoms with E-state index < -0.39 is 5.97 Å². The predicted octanol–water partition coefficient (Wildman–Crippen LogP) is 4.14. The van der Waals surface area contributed by atoms with Gasteiger partial charge in [-0.25, -0.2) is 4.79 Å². The van der Waals surface area contributed by atoms with Crippen LogP contribution in [0.1, 0.15) is 27.0 Å². The van der Waals surface area contributed by atoms with Crippen LogP contribution in [0.3, 0.4) is 0 Å². The fraction of sp³-hybridized carbons (Fsp3) is 0.130. The minimum absolute atomic E-state index is 0.00242. The number of carbonyl (C=O) groups is 1. The molecular weight excluding hydrogens is 352 g/mol. The second-order valence-electron chi connectivity index (χ2n) is 6.38. The molecule has 0 aliphatic heterocycles. The number of nitrogens with one attached hydrogen (secondary N) is 1. The molecule has 0 atom stereocenters. The van der Waals surface area contributed by atoms with Gasteiger partial charge in [0.15, 0.2) is 0 Å². The maximum atomic E-state index is 12.1. The Balaban J connectivity index is 1.87. The molecule has 3 aromatic carbocycles. The molecule has 0 amide bonds. The topological polar surface area (TPSA) is 85.4 Å². The van der Waals surface area contributed by atoms with Gasteiger partial charge in [0.25, 0.3) is 0 Å². The van der Waals surface area contributed by atoms with Gasteiger partial charge >= 0.3 is 5.97 Å². The Bertz CT molecular complexity index is 984. The molecule has 0 aliphatic rings. The third kappa shape index (κ3) is 4.84. The van der Waals surface area contributed by atoms with E-state index in [1.54, 1.807) is 18.2 Å². The molecule has 3 N–H and O–H groups in total. The van der Waals surface area contributed by atoms with Crippen LogP contribution in [0.4, 0.5) is 0 Å². The molecule has 28 heavy (non-hydrogen) atoms. The second kappa shape index (κ2) is 8.97. The Kier molecular flexibility index (Phi) is 6.19. The van der Waals surface area contributed by atoms with Crippen LogP contribution in [0.2, 0.25) is 0 Å². The summed E-state index contributed by atoms with van der Waals surface area (Å²) in [6.07, 6.45) is 0. The lowest BCUT2D eigenvalue weighted by Crippen LogP contribution is -2.10. The summed E-state index contributed by atoms with van der Waals surface area (Å²) in [6, 6.07) is 22.8. The summed E-state index contributed by atoms with van der Waals surface area (Å²) < 4.78 is 10.7. The first-order valence-corrected chi connectivity index (χ1v) is 8.85. The van der Waals surface area contributed by atoms with Crippen molar-refractivity contribution in [1.82, 2.24) is 0 Å². The van der Waals surface area contributed by atoms with Gasteiger partial charge in [0, 0.05) is 5.56 Å². The molecule has 0 aromatic heterocycles. The van der Waals surface area contributed by atoms with Crippen LogP contribution in [-0.2, 0) is 22.7 Å². The fourth-order valence-corrected chi connectivity index (χ4v) is 2.90. The standard InChI is InChI=1S/C23H22N2O3/c1-27-23(26)21-11-17(15-28-14-16-6-3-2-4-7-16)10-20(13-21)18-8-5-9-19(12-18)22(24)25/h2-13H,14-15H2,1H3,(H3,24,25). The third-order valence-electron chi connectivity index (χ3n) is 4.30. The highest BCUT2D eigenvalue weighted by atomic mass is 16.5. The number of hydrogen-bond donors (Lipinski definition) is 2. The van der Waals surface area contributed by atoms with Crippen molar-refractivity contribution in [2.24, 2.45) is 5.73 Å². The van der Waals surface area contributed by atoms with Crippen molar-refractivity contribution in [1.29, 1.82) is 5.41 Å². The lowest BCUT2D eigenvalue weighted by Gasteiger charge is -2.11. The molecule has 5 heteroatoms. The quantitative estimate of drug-likeness (QED) is 0.370. The number of methoxy groups -OCH3 is 1. The van der Waals surface area contributed by atoms with Gasteiger partial charge in [0.2, 0.25) is 0 Å². The molecule has 0 bridgehead atoms. The number of esters is 1. The lowest BCUT2D eigenvalue weighted by atomic mass is 9.98. The second-order valence-corrected chi connectivity index (χ2v) is 6.38. The molecule has 0 heterocycles. The van der Waals surface area contributed by atoms with Crippen LogP contribution >= 0.6 is 0 Å². The molecule has 5 nitrogen and oxygen atoms in total. The van der Waals surface area contributed by atoms with Crippen molar-refractivity contribution < 1.29 is 14.3 Å². The number of nitrogens with two attached hydrogens (primary N) is 1. The van der Waals surface area contributed by atoms with Gasteiger partial charge < -0.3 is 15.2 Å². The number of amidine groups is 1. The summed E-state index contributed by atoms with van der Waals surface area (Å²) in [4.78, 5) is 12.1. The molecule has 0 saturated carbocycles. The molecular formula is C23H22N2O3. The maximum Gasteiger partial charge on any atom is 0.337 e. The minimum atomic E-state index is -0.408. The molecule has 142 valence electrons. The molecule has 0 unspecified atom stereocenters. The average Bonchev–Trinajstić information content (AvgIpc) is 2.73. The van der Waals surface area contributed by atoms with Crippen molar-refractivity contribution in [2.45, 2.75) is 13.2 Å². The van der Waals surface area contributed by atoms with Gasteiger partial charge in [0.1, 0.15) is 5.84 Å². The summed E-state index contributed by atoms with van der Waals surface area (Å²) in [7, 11) is 1.36. The molecule has 3 rings (SSSR count).